The van der Waals surface area contributed by atoms with Gasteiger partial charge in [0.1, 0.15) is 0 Å². The standard InChI is InChI=1S/C15H19N3O3/c1-10(21-2)7-8-16-14(19)9-13-11-5-3-4-6-12(11)15(20)18-17-13/h3-6,10H,7-9H2,1-2H3,(H,16,19)(H,18,20). The molecule has 0 aliphatic carbocycles. The third kappa shape index (κ3) is 3.88. The molecule has 1 unspecified atom stereocenters. The van der Waals surface area contributed by atoms with Crippen LogP contribution in [-0.2, 0) is 16.0 Å². The highest BCUT2D eigenvalue weighted by atomic mass is 16.5. The summed E-state index contributed by atoms with van der Waals surface area (Å²) in [7, 11) is 1.64. The van der Waals surface area contributed by atoms with Crippen LogP contribution >= 0.6 is 0 Å². The number of aromatic amines is 1. The third-order valence-corrected chi connectivity index (χ3v) is 3.38. The van der Waals surface area contributed by atoms with E-state index in [0.29, 0.717) is 23.0 Å². The lowest BCUT2D eigenvalue weighted by atomic mass is 10.1. The summed E-state index contributed by atoms with van der Waals surface area (Å²) in [6, 6.07) is 7.13. The van der Waals surface area contributed by atoms with Crippen molar-refractivity contribution < 1.29 is 9.53 Å². The first-order valence-corrected chi connectivity index (χ1v) is 6.87. The van der Waals surface area contributed by atoms with Crippen LogP contribution in [0.3, 0.4) is 0 Å². The minimum atomic E-state index is -0.247. The van der Waals surface area contributed by atoms with Crippen molar-refractivity contribution >= 4 is 16.7 Å². The van der Waals surface area contributed by atoms with Gasteiger partial charge in [-0.15, -0.1) is 0 Å². The van der Waals surface area contributed by atoms with Gasteiger partial charge in [-0.3, -0.25) is 9.59 Å². The van der Waals surface area contributed by atoms with Crippen LogP contribution in [0.15, 0.2) is 29.1 Å². The summed E-state index contributed by atoms with van der Waals surface area (Å²) in [5, 5.41) is 10.5. The van der Waals surface area contributed by atoms with Gasteiger partial charge in [0.15, 0.2) is 0 Å². The SMILES string of the molecule is COC(C)CCNC(=O)Cc1n[nH]c(=O)c2ccccc12. The predicted octanol–water partition coefficient (Wildman–Crippen LogP) is 1.01. The van der Waals surface area contributed by atoms with E-state index in [1.54, 1.807) is 25.3 Å². The number of carbonyl (C=O) groups excluding carboxylic acids is 1. The summed E-state index contributed by atoms with van der Waals surface area (Å²) in [6.45, 7) is 2.50. The van der Waals surface area contributed by atoms with E-state index in [1.165, 1.54) is 0 Å². The molecular formula is C15H19N3O3. The Morgan fingerprint density at radius 2 is 2.10 bits per heavy atom. The van der Waals surface area contributed by atoms with E-state index in [1.807, 2.05) is 13.0 Å². The van der Waals surface area contributed by atoms with Crippen LogP contribution in [0.5, 0.6) is 0 Å². The van der Waals surface area contributed by atoms with Gasteiger partial charge < -0.3 is 10.1 Å². The van der Waals surface area contributed by atoms with Crippen molar-refractivity contribution in [2.24, 2.45) is 0 Å². The Bertz CT molecular complexity index is 681. The van der Waals surface area contributed by atoms with Crippen LogP contribution in [0, 0.1) is 0 Å². The summed E-state index contributed by atoms with van der Waals surface area (Å²) in [6.07, 6.45) is 0.998. The molecular weight excluding hydrogens is 270 g/mol. The van der Waals surface area contributed by atoms with Crippen molar-refractivity contribution in [3.8, 4) is 0 Å². The normalized spacial score (nSPS) is 12.3. The zero-order valence-electron chi connectivity index (χ0n) is 12.2. The van der Waals surface area contributed by atoms with Crippen LogP contribution in [0.1, 0.15) is 19.0 Å². The molecule has 1 amide bonds. The molecule has 1 atom stereocenters. The molecule has 6 heteroatoms. The highest BCUT2D eigenvalue weighted by Crippen LogP contribution is 2.12. The summed E-state index contributed by atoms with van der Waals surface area (Å²) < 4.78 is 5.12. The number of amides is 1. The Kier molecular flexibility index (Phi) is 5.05. The van der Waals surface area contributed by atoms with Crippen molar-refractivity contribution in [3.05, 3.63) is 40.3 Å². The van der Waals surface area contributed by atoms with E-state index in [-0.39, 0.29) is 24.0 Å². The Hall–Kier alpha value is -2.21. The molecule has 0 aliphatic rings. The van der Waals surface area contributed by atoms with Crippen LogP contribution in [0.4, 0.5) is 0 Å². The lowest BCUT2D eigenvalue weighted by molar-refractivity contribution is -0.120. The van der Waals surface area contributed by atoms with Gasteiger partial charge in [0, 0.05) is 19.0 Å². The first-order chi connectivity index (χ1) is 10.1. The number of rotatable bonds is 6. The van der Waals surface area contributed by atoms with Gasteiger partial charge in [-0.1, -0.05) is 18.2 Å². The highest BCUT2D eigenvalue weighted by Gasteiger charge is 2.10. The maximum atomic E-state index is 11.9. The number of benzene rings is 1. The maximum absolute atomic E-state index is 11.9. The van der Waals surface area contributed by atoms with Crippen molar-refractivity contribution in [3.63, 3.8) is 0 Å². The minimum absolute atomic E-state index is 0.109. The molecule has 1 aromatic carbocycles. The predicted molar refractivity (Wildman–Crippen MR) is 80.2 cm³/mol. The fourth-order valence-corrected chi connectivity index (χ4v) is 2.05. The lowest BCUT2D eigenvalue weighted by Gasteiger charge is -2.10. The maximum Gasteiger partial charge on any atom is 0.272 e. The van der Waals surface area contributed by atoms with Crippen LogP contribution in [-0.4, -0.2) is 35.9 Å². The number of hydrogen-bond acceptors (Lipinski definition) is 4. The second-order valence-electron chi connectivity index (χ2n) is 4.91. The molecule has 1 aromatic heterocycles. The van der Waals surface area contributed by atoms with Gasteiger partial charge in [0.25, 0.3) is 5.56 Å². The second kappa shape index (κ2) is 6.99. The van der Waals surface area contributed by atoms with Crippen LogP contribution in [0.25, 0.3) is 10.8 Å². The molecule has 0 fully saturated rings. The largest absolute Gasteiger partial charge is 0.382 e. The summed E-state index contributed by atoms with van der Waals surface area (Å²) in [5.74, 6) is -0.122. The number of carbonyl (C=O) groups is 1. The van der Waals surface area contributed by atoms with E-state index < -0.39 is 0 Å². The minimum Gasteiger partial charge on any atom is -0.382 e. The Morgan fingerprint density at radius 3 is 2.81 bits per heavy atom. The molecule has 0 radical (unpaired) electrons. The van der Waals surface area contributed by atoms with Gasteiger partial charge >= 0.3 is 0 Å². The molecule has 0 saturated carbocycles. The topological polar surface area (TPSA) is 84.1 Å². The average Bonchev–Trinajstić information content (AvgIpc) is 2.50. The summed E-state index contributed by atoms with van der Waals surface area (Å²) >= 11 is 0. The number of H-pyrrole nitrogens is 1. The molecule has 1 heterocycles. The van der Waals surface area contributed by atoms with E-state index in [2.05, 4.69) is 15.5 Å². The van der Waals surface area contributed by atoms with Crippen LogP contribution < -0.4 is 10.9 Å². The lowest BCUT2D eigenvalue weighted by Crippen LogP contribution is -2.29. The van der Waals surface area contributed by atoms with Gasteiger partial charge in [-0.05, 0) is 19.4 Å². The first-order valence-electron chi connectivity index (χ1n) is 6.87. The summed E-state index contributed by atoms with van der Waals surface area (Å²) in [5.41, 5.74) is 0.325. The third-order valence-electron chi connectivity index (χ3n) is 3.38. The molecule has 0 spiro atoms. The van der Waals surface area contributed by atoms with Gasteiger partial charge in [0.05, 0.1) is 23.6 Å². The zero-order valence-corrected chi connectivity index (χ0v) is 12.2. The number of methoxy groups -OCH3 is 1. The van der Waals surface area contributed by atoms with Gasteiger partial charge in [0.2, 0.25) is 5.91 Å². The highest BCUT2D eigenvalue weighted by molar-refractivity contribution is 5.88. The smallest absolute Gasteiger partial charge is 0.272 e. The molecule has 0 bridgehead atoms. The van der Waals surface area contributed by atoms with E-state index in [4.69, 9.17) is 4.74 Å². The van der Waals surface area contributed by atoms with Gasteiger partial charge in [-0.2, -0.15) is 5.10 Å². The molecule has 2 N–H and O–H groups in total. The molecule has 112 valence electrons. The number of aromatic nitrogens is 2. The van der Waals surface area contributed by atoms with E-state index >= 15 is 0 Å². The zero-order chi connectivity index (χ0) is 15.2. The molecule has 0 aliphatic heterocycles. The van der Waals surface area contributed by atoms with E-state index in [9.17, 15) is 9.59 Å². The molecule has 2 aromatic rings. The van der Waals surface area contributed by atoms with Crippen molar-refractivity contribution in [2.75, 3.05) is 13.7 Å². The van der Waals surface area contributed by atoms with E-state index in [0.717, 1.165) is 6.42 Å². The number of hydrogen-bond donors (Lipinski definition) is 2. The quantitative estimate of drug-likeness (QED) is 0.831. The van der Waals surface area contributed by atoms with Gasteiger partial charge in [-0.25, -0.2) is 5.10 Å². The average molecular weight is 289 g/mol. The fourth-order valence-electron chi connectivity index (χ4n) is 2.05. The summed E-state index contributed by atoms with van der Waals surface area (Å²) in [4.78, 5) is 23.6. The van der Waals surface area contributed by atoms with Crippen LogP contribution in [0.2, 0.25) is 0 Å². The number of nitrogens with zero attached hydrogens (tertiary/aromatic N) is 1. The first kappa shape index (κ1) is 15.2. The molecule has 2 rings (SSSR count). The number of fused-ring (bicyclic) bond motifs is 1. The fraction of sp³-hybridized carbons (Fsp3) is 0.400. The molecule has 21 heavy (non-hydrogen) atoms. The molecule has 0 saturated heterocycles. The monoisotopic (exact) mass is 289 g/mol. The van der Waals surface area contributed by atoms with Crippen molar-refractivity contribution in [1.29, 1.82) is 0 Å². The second-order valence-corrected chi connectivity index (χ2v) is 4.91. The Labute approximate surface area is 122 Å². The molecule has 6 nitrogen and oxygen atoms in total. The Balaban J connectivity index is 2.05. The number of nitrogens with one attached hydrogen (secondary N) is 2. The Morgan fingerprint density at radius 1 is 1.38 bits per heavy atom. The van der Waals surface area contributed by atoms with Crippen molar-refractivity contribution in [2.45, 2.75) is 25.9 Å². The number of ether oxygens (including phenoxy) is 1. The van der Waals surface area contributed by atoms with Crippen molar-refractivity contribution in [1.82, 2.24) is 15.5 Å².